The van der Waals surface area contributed by atoms with Gasteiger partial charge in [0, 0.05) is 20.2 Å². The highest BCUT2D eigenvalue weighted by Gasteiger charge is 2.38. The molecule has 1 aromatic carbocycles. The maximum atomic E-state index is 13.2. The molecule has 2 rings (SSSR count). The summed E-state index contributed by atoms with van der Waals surface area (Å²) in [5.74, 6) is -1.67. The number of nitrogens with one attached hydrogen (secondary N) is 2. The number of ether oxygens (including phenoxy) is 2. The van der Waals surface area contributed by atoms with Crippen LogP contribution in [0.4, 0.5) is 0 Å². The minimum atomic E-state index is -3.81. The van der Waals surface area contributed by atoms with Gasteiger partial charge < -0.3 is 20.1 Å². The van der Waals surface area contributed by atoms with Gasteiger partial charge in [-0.05, 0) is 31.9 Å². The quantitative estimate of drug-likeness (QED) is 0.474. The van der Waals surface area contributed by atoms with Crippen LogP contribution in [0.3, 0.4) is 0 Å². The van der Waals surface area contributed by atoms with Crippen LogP contribution in [0.5, 0.6) is 0 Å². The molecule has 0 aliphatic carbocycles. The maximum Gasteiger partial charge on any atom is 0.309 e. The molecule has 9 nitrogen and oxygen atoms in total. The number of methoxy groups -OCH3 is 1. The van der Waals surface area contributed by atoms with Crippen LogP contribution in [0, 0.1) is 20.8 Å². The molecular formula is C18H27N3O6S. The number of benzene rings is 1. The fourth-order valence-electron chi connectivity index (χ4n) is 3.24. The van der Waals surface area contributed by atoms with Crippen molar-refractivity contribution in [3.63, 3.8) is 0 Å². The Hall–Kier alpha value is -2.01. The third-order valence-electron chi connectivity index (χ3n) is 4.35. The van der Waals surface area contributed by atoms with E-state index < -0.39 is 28.1 Å². The summed E-state index contributed by atoms with van der Waals surface area (Å²) in [5.41, 5.74) is 2.30. The lowest BCUT2D eigenvalue weighted by atomic mass is 10.1. The molecular weight excluding hydrogens is 386 g/mol. The second-order valence-electron chi connectivity index (χ2n) is 6.63. The lowest BCUT2D eigenvalue weighted by molar-refractivity contribution is -0.139. The number of carbonyl (C=O) groups excluding carboxylic acids is 2. The Balaban J connectivity index is 2.08. The minimum absolute atomic E-state index is 0.125. The molecule has 1 heterocycles. The number of amides is 2. The van der Waals surface area contributed by atoms with E-state index in [-0.39, 0.29) is 37.7 Å². The maximum absolute atomic E-state index is 13.2. The Morgan fingerprint density at radius 1 is 1.18 bits per heavy atom. The van der Waals surface area contributed by atoms with Crippen molar-refractivity contribution in [1.82, 2.24) is 14.9 Å². The molecule has 0 bridgehead atoms. The number of hydrogen-bond donors (Lipinski definition) is 2. The van der Waals surface area contributed by atoms with E-state index >= 15 is 0 Å². The van der Waals surface area contributed by atoms with Crippen LogP contribution >= 0.6 is 0 Å². The van der Waals surface area contributed by atoms with E-state index in [1.165, 1.54) is 11.4 Å². The zero-order valence-electron chi connectivity index (χ0n) is 16.6. The van der Waals surface area contributed by atoms with E-state index in [9.17, 15) is 18.0 Å². The van der Waals surface area contributed by atoms with Crippen LogP contribution in [0.25, 0.3) is 0 Å². The van der Waals surface area contributed by atoms with E-state index in [1.807, 2.05) is 19.1 Å². The fourth-order valence-corrected chi connectivity index (χ4v) is 5.17. The van der Waals surface area contributed by atoms with Gasteiger partial charge in [-0.3, -0.25) is 9.59 Å². The number of carbonyl (C=O) groups is 2. The third kappa shape index (κ3) is 5.07. The molecule has 1 saturated heterocycles. The van der Waals surface area contributed by atoms with Gasteiger partial charge in [0.1, 0.15) is 6.23 Å². The van der Waals surface area contributed by atoms with Gasteiger partial charge in [-0.25, -0.2) is 8.42 Å². The Labute approximate surface area is 165 Å². The van der Waals surface area contributed by atoms with Crippen molar-refractivity contribution in [2.75, 3.05) is 40.0 Å². The zero-order chi connectivity index (χ0) is 20.9. The van der Waals surface area contributed by atoms with E-state index in [2.05, 4.69) is 10.6 Å². The number of aryl methyl sites for hydroxylation is 3. The van der Waals surface area contributed by atoms with Crippen molar-refractivity contribution >= 4 is 21.8 Å². The van der Waals surface area contributed by atoms with E-state index in [0.717, 1.165) is 5.56 Å². The molecule has 2 N–H and O–H groups in total. The first kappa shape index (κ1) is 22.3. The van der Waals surface area contributed by atoms with Gasteiger partial charge in [0.15, 0.2) is 0 Å². The van der Waals surface area contributed by atoms with Crippen molar-refractivity contribution < 1.29 is 27.5 Å². The topological polar surface area (TPSA) is 114 Å². The summed E-state index contributed by atoms with van der Waals surface area (Å²) in [5, 5.41) is 4.82. The van der Waals surface area contributed by atoms with Gasteiger partial charge in [0.25, 0.3) is 0 Å². The summed E-state index contributed by atoms with van der Waals surface area (Å²) >= 11 is 0. The van der Waals surface area contributed by atoms with Crippen molar-refractivity contribution in [3.05, 3.63) is 28.8 Å². The lowest BCUT2D eigenvalue weighted by Gasteiger charge is -2.24. The minimum Gasteiger partial charge on any atom is -0.383 e. The fraction of sp³-hybridized carbons (Fsp3) is 0.556. The average molecular weight is 413 g/mol. The summed E-state index contributed by atoms with van der Waals surface area (Å²) in [6, 6.07) is 3.63. The summed E-state index contributed by atoms with van der Waals surface area (Å²) in [6.45, 7) is 6.17. The highest BCUT2D eigenvalue weighted by molar-refractivity contribution is 7.89. The van der Waals surface area contributed by atoms with Crippen LogP contribution in [-0.4, -0.2) is 70.7 Å². The molecule has 0 aromatic heterocycles. The monoisotopic (exact) mass is 413 g/mol. The Morgan fingerprint density at radius 2 is 1.79 bits per heavy atom. The lowest BCUT2D eigenvalue weighted by Crippen LogP contribution is -2.47. The molecule has 10 heteroatoms. The average Bonchev–Trinajstić information content (AvgIpc) is 3.08. The summed E-state index contributed by atoms with van der Waals surface area (Å²) in [6.07, 6.45) is -0.874. The molecule has 1 atom stereocenters. The third-order valence-corrected chi connectivity index (χ3v) is 6.54. The van der Waals surface area contributed by atoms with Crippen molar-refractivity contribution in [2.24, 2.45) is 0 Å². The van der Waals surface area contributed by atoms with E-state index in [0.29, 0.717) is 11.1 Å². The summed E-state index contributed by atoms with van der Waals surface area (Å²) in [4.78, 5) is 23.8. The molecule has 0 saturated carbocycles. The smallest absolute Gasteiger partial charge is 0.309 e. The molecule has 1 unspecified atom stereocenters. The second-order valence-corrected chi connectivity index (χ2v) is 8.46. The Morgan fingerprint density at radius 3 is 2.39 bits per heavy atom. The molecule has 28 heavy (non-hydrogen) atoms. The van der Waals surface area contributed by atoms with Crippen LogP contribution in [0.1, 0.15) is 16.7 Å². The van der Waals surface area contributed by atoms with Crippen molar-refractivity contribution in [3.8, 4) is 0 Å². The summed E-state index contributed by atoms with van der Waals surface area (Å²) in [7, 11) is -2.33. The molecule has 156 valence electrons. The van der Waals surface area contributed by atoms with Crippen molar-refractivity contribution in [2.45, 2.75) is 31.9 Å². The molecule has 2 amide bonds. The predicted molar refractivity (Wildman–Crippen MR) is 102 cm³/mol. The SMILES string of the molecule is COCCNC(=O)C(=O)NCC1OCCN1S(=O)(=O)c1c(C)cc(C)cc1C. The molecule has 1 aromatic rings. The van der Waals surface area contributed by atoms with Crippen LogP contribution in [-0.2, 0) is 29.1 Å². The molecule has 1 fully saturated rings. The predicted octanol–water partition coefficient (Wildman–Crippen LogP) is -0.162. The Bertz CT molecular complexity index is 817. The zero-order valence-corrected chi connectivity index (χ0v) is 17.4. The largest absolute Gasteiger partial charge is 0.383 e. The first-order valence-corrected chi connectivity index (χ1v) is 10.4. The van der Waals surface area contributed by atoms with Gasteiger partial charge in [-0.2, -0.15) is 4.31 Å². The normalized spacial score (nSPS) is 17.5. The molecule has 0 spiro atoms. The van der Waals surface area contributed by atoms with E-state index in [1.54, 1.807) is 13.8 Å². The van der Waals surface area contributed by atoms with Gasteiger partial charge in [-0.1, -0.05) is 17.7 Å². The number of hydrogen-bond acceptors (Lipinski definition) is 6. The first-order chi connectivity index (χ1) is 13.2. The second kappa shape index (κ2) is 9.46. The highest BCUT2D eigenvalue weighted by Crippen LogP contribution is 2.28. The number of nitrogens with zero attached hydrogens (tertiary/aromatic N) is 1. The molecule has 1 aliphatic rings. The van der Waals surface area contributed by atoms with Crippen molar-refractivity contribution in [1.29, 1.82) is 0 Å². The van der Waals surface area contributed by atoms with Gasteiger partial charge in [0.2, 0.25) is 10.0 Å². The van der Waals surface area contributed by atoms with Crippen LogP contribution < -0.4 is 10.6 Å². The van der Waals surface area contributed by atoms with E-state index in [4.69, 9.17) is 9.47 Å². The first-order valence-electron chi connectivity index (χ1n) is 8.94. The van der Waals surface area contributed by atoms with Gasteiger partial charge in [-0.15, -0.1) is 0 Å². The van der Waals surface area contributed by atoms with Crippen LogP contribution in [0.15, 0.2) is 17.0 Å². The summed E-state index contributed by atoms with van der Waals surface area (Å²) < 4.78 is 37.9. The Kier molecular flexibility index (Phi) is 7.53. The van der Waals surface area contributed by atoms with Crippen LogP contribution in [0.2, 0.25) is 0 Å². The molecule has 1 aliphatic heterocycles. The van der Waals surface area contributed by atoms with Gasteiger partial charge >= 0.3 is 11.8 Å². The molecule has 0 radical (unpaired) electrons. The number of sulfonamides is 1. The van der Waals surface area contributed by atoms with Gasteiger partial charge in [0.05, 0.1) is 24.7 Å². The standard InChI is InChI=1S/C18H27N3O6S/c1-12-9-13(2)16(14(3)10-12)28(24,25)21-6-8-27-15(21)11-20-18(23)17(22)19-5-7-26-4/h9-10,15H,5-8,11H2,1-4H3,(H,19,22)(H,20,23). The highest BCUT2D eigenvalue weighted by atomic mass is 32.2. The number of rotatable bonds is 7.